The fourth-order valence-electron chi connectivity index (χ4n) is 1.70. The van der Waals surface area contributed by atoms with Crippen LogP contribution in [0.2, 0.25) is 0 Å². The Morgan fingerprint density at radius 1 is 1.69 bits per heavy atom. The third kappa shape index (κ3) is 2.17. The monoisotopic (exact) mass is 239 g/mol. The van der Waals surface area contributed by atoms with Crippen molar-refractivity contribution in [2.45, 2.75) is 24.1 Å². The van der Waals surface area contributed by atoms with Crippen LogP contribution in [-0.4, -0.2) is 28.7 Å². The van der Waals surface area contributed by atoms with Gasteiger partial charge in [-0.3, -0.25) is 4.79 Å². The van der Waals surface area contributed by atoms with Gasteiger partial charge in [-0.05, 0) is 19.1 Å². The highest BCUT2D eigenvalue weighted by molar-refractivity contribution is 7.98. The fraction of sp³-hybridized carbons (Fsp3) is 0.500. The van der Waals surface area contributed by atoms with E-state index in [1.54, 1.807) is 0 Å². The molecule has 1 amide bonds. The second-order valence-electron chi connectivity index (χ2n) is 3.52. The third-order valence-electron chi connectivity index (χ3n) is 2.48. The number of rotatable bonds is 3. The Hall–Kier alpha value is -1.14. The summed E-state index contributed by atoms with van der Waals surface area (Å²) >= 11 is 1.43. The number of nitrogens with zero attached hydrogens (tertiary/aromatic N) is 2. The van der Waals surface area contributed by atoms with E-state index < -0.39 is 5.91 Å². The van der Waals surface area contributed by atoms with Crippen LogP contribution < -0.4 is 5.73 Å². The van der Waals surface area contributed by atoms with E-state index in [-0.39, 0.29) is 6.10 Å². The van der Waals surface area contributed by atoms with Crippen LogP contribution in [0.5, 0.6) is 0 Å². The molecule has 2 heterocycles. The second-order valence-corrected chi connectivity index (χ2v) is 4.29. The lowest BCUT2D eigenvalue weighted by Gasteiger charge is -2.12. The van der Waals surface area contributed by atoms with Gasteiger partial charge in [-0.15, -0.1) is 0 Å². The fourth-order valence-corrected chi connectivity index (χ4v) is 2.05. The number of primary amides is 1. The molecular formula is C10H13N3O2S. The number of ether oxygens (including phenoxy) is 1. The van der Waals surface area contributed by atoms with E-state index in [4.69, 9.17) is 10.5 Å². The minimum atomic E-state index is -0.502. The molecule has 0 saturated carbocycles. The molecule has 1 aromatic rings. The van der Waals surface area contributed by atoms with Gasteiger partial charge in [-0.2, -0.15) is 0 Å². The predicted molar refractivity (Wildman–Crippen MR) is 60.3 cm³/mol. The first kappa shape index (κ1) is 11.3. The van der Waals surface area contributed by atoms with Gasteiger partial charge >= 0.3 is 0 Å². The quantitative estimate of drug-likeness (QED) is 0.632. The zero-order valence-corrected chi connectivity index (χ0v) is 9.79. The van der Waals surface area contributed by atoms with E-state index >= 15 is 0 Å². The Morgan fingerprint density at radius 3 is 3.06 bits per heavy atom. The Labute approximate surface area is 97.8 Å². The molecule has 0 unspecified atom stereocenters. The van der Waals surface area contributed by atoms with E-state index in [1.807, 2.05) is 6.26 Å². The Morgan fingerprint density at radius 2 is 2.50 bits per heavy atom. The molecule has 0 radical (unpaired) electrons. The molecule has 1 aliphatic heterocycles. The van der Waals surface area contributed by atoms with Crippen molar-refractivity contribution in [3.63, 3.8) is 0 Å². The average molecular weight is 239 g/mol. The lowest BCUT2D eigenvalue weighted by atomic mass is 10.1. The third-order valence-corrected chi connectivity index (χ3v) is 3.04. The highest BCUT2D eigenvalue weighted by Gasteiger charge is 2.24. The summed E-state index contributed by atoms with van der Waals surface area (Å²) in [4.78, 5) is 19.6. The van der Waals surface area contributed by atoms with Crippen LogP contribution in [0.15, 0.2) is 11.4 Å². The van der Waals surface area contributed by atoms with Gasteiger partial charge in [-0.1, -0.05) is 11.8 Å². The standard InChI is InChI=1S/C10H13N3O2S/c1-16-10-12-5-6(9(11)14)8(13-10)7-3-2-4-15-7/h5,7H,2-4H2,1H3,(H2,11,14)/t7-/m1/s1. The topological polar surface area (TPSA) is 78.1 Å². The molecule has 1 aromatic heterocycles. The van der Waals surface area contributed by atoms with Gasteiger partial charge in [0.15, 0.2) is 5.16 Å². The Balaban J connectivity index is 2.40. The molecule has 2 N–H and O–H groups in total. The van der Waals surface area contributed by atoms with Crippen LogP contribution in [0.3, 0.4) is 0 Å². The number of hydrogen-bond donors (Lipinski definition) is 1. The molecule has 0 aliphatic carbocycles. The summed E-state index contributed by atoms with van der Waals surface area (Å²) in [5.74, 6) is -0.502. The summed E-state index contributed by atoms with van der Waals surface area (Å²) in [6.07, 6.45) is 5.12. The molecule has 0 spiro atoms. The average Bonchev–Trinajstić information content (AvgIpc) is 2.81. The summed E-state index contributed by atoms with van der Waals surface area (Å²) in [6.45, 7) is 0.710. The molecule has 5 nitrogen and oxygen atoms in total. The summed E-state index contributed by atoms with van der Waals surface area (Å²) in [7, 11) is 0. The summed E-state index contributed by atoms with van der Waals surface area (Å²) < 4.78 is 5.52. The molecule has 1 aliphatic rings. The normalized spacial score (nSPS) is 19.9. The van der Waals surface area contributed by atoms with Crippen LogP contribution in [0.25, 0.3) is 0 Å². The Bertz CT molecular complexity index is 405. The van der Waals surface area contributed by atoms with Gasteiger partial charge in [0, 0.05) is 12.8 Å². The molecular weight excluding hydrogens is 226 g/mol. The zero-order valence-electron chi connectivity index (χ0n) is 8.97. The maximum Gasteiger partial charge on any atom is 0.252 e. The number of thioether (sulfide) groups is 1. The van der Waals surface area contributed by atoms with Crippen molar-refractivity contribution >= 4 is 17.7 Å². The number of carbonyl (C=O) groups is 1. The van der Waals surface area contributed by atoms with Crippen molar-refractivity contribution in [1.82, 2.24) is 9.97 Å². The van der Waals surface area contributed by atoms with Gasteiger partial charge in [0.25, 0.3) is 5.91 Å². The number of amides is 1. The van der Waals surface area contributed by atoms with Gasteiger partial charge in [0.1, 0.15) is 6.10 Å². The van der Waals surface area contributed by atoms with E-state index in [0.29, 0.717) is 23.0 Å². The van der Waals surface area contributed by atoms with Crippen LogP contribution >= 0.6 is 11.8 Å². The highest BCUT2D eigenvalue weighted by Crippen LogP contribution is 2.29. The van der Waals surface area contributed by atoms with E-state index in [2.05, 4.69) is 9.97 Å². The van der Waals surface area contributed by atoms with Gasteiger partial charge in [0.2, 0.25) is 0 Å². The minimum absolute atomic E-state index is 0.114. The molecule has 1 fully saturated rings. The summed E-state index contributed by atoms with van der Waals surface area (Å²) in [6, 6.07) is 0. The van der Waals surface area contributed by atoms with Crippen molar-refractivity contribution < 1.29 is 9.53 Å². The molecule has 86 valence electrons. The number of carbonyl (C=O) groups excluding carboxylic acids is 1. The SMILES string of the molecule is CSc1ncc(C(N)=O)c([C@H]2CCCO2)n1. The smallest absolute Gasteiger partial charge is 0.252 e. The van der Waals surface area contributed by atoms with Crippen molar-refractivity contribution in [1.29, 1.82) is 0 Å². The molecule has 0 aromatic carbocycles. The first-order chi connectivity index (χ1) is 7.72. The number of hydrogen-bond acceptors (Lipinski definition) is 5. The van der Waals surface area contributed by atoms with Crippen LogP contribution in [0.1, 0.15) is 35.0 Å². The van der Waals surface area contributed by atoms with Gasteiger partial charge in [0.05, 0.1) is 11.3 Å². The maximum absolute atomic E-state index is 11.3. The second kappa shape index (κ2) is 4.80. The Kier molecular flexibility index (Phi) is 3.40. The summed E-state index contributed by atoms with van der Waals surface area (Å²) in [5.41, 5.74) is 6.29. The van der Waals surface area contributed by atoms with Crippen LogP contribution in [0, 0.1) is 0 Å². The van der Waals surface area contributed by atoms with Crippen LogP contribution in [0.4, 0.5) is 0 Å². The lowest BCUT2D eigenvalue weighted by molar-refractivity contribution is 0.0955. The largest absolute Gasteiger partial charge is 0.372 e. The van der Waals surface area contributed by atoms with E-state index in [9.17, 15) is 4.79 Å². The number of aromatic nitrogens is 2. The van der Waals surface area contributed by atoms with Crippen molar-refractivity contribution in [3.05, 3.63) is 17.5 Å². The predicted octanol–water partition coefficient (Wildman–Crippen LogP) is 1.15. The molecule has 0 bridgehead atoms. The number of nitrogens with two attached hydrogens (primary N) is 1. The summed E-state index contributed by atoms with van der Waals surface area (Å²) in [5, 5.41) is 0.635. The van der Waals surface area contributed by atoms with E-state index in [0.717, 1.165) is 12.8 Å². The van der Waals surface area contributed by atoms with E-state index in [1.165, 1.54) is 18.0 Å². The minimum Gasteiger partial charge on any atom is -0.372 e. The van der Waals surface area contributed by atoms with Crippen molar-refractivity contribution in [2.24, 2.45) is 5.73 Å². The molecule has 16 heavy (non-hydrogen) atoms. The lowest BCUT2D eigenvalue weighted by Crippen LogP contribution is -2.17. The molecule has 1 saturated heterocycles. The molecule has 2 rings (SSSR count). The highest BCUT2D eigenvalue weighted by atomic mass is 32.2. The van der Waals surface area contributed by atoms with Crippen molar-refractivity contribution in [3.8, 4) is 0 Å². The molecule has 6 heteroatoms. The zero-order chi connectivity index (χ0) is 11.5. The molecule has 1 atom stereocenters. The first-order valence-electron chi connectivity index (χ1n) is 5.04. The van der Waals surface area contributed by atoms with Gasteiger partial charge < -0.3 is 10.5 Å². The maximum atomic E-state index is 11.3. The van der Waals surface area contributed by atoms with Gasteiger partial charge in [-0.25, -0.2) is 9.97 Å². The van der Waals surface area contributed by atoms with Crippen LogP contribution in [-0.2, 0) is 4.74 Å². The van der Waals surface area contributed by atoms with Crippen molar-refractivity contribution in [2.75, 3.05) is 12.9 Å². The first-order valence-corrected chi connectivity index (χ1v) is 6.27.